The fourth-order valence-electron chi connectivity index (χ4n) is 5.20. The highest BCUT2D eigenvalue weighted by Crippen LogP contribution is 2.37. The number of hydrogen-bond donors (Lipinski definition) is 3. The molecule has 0 aliphatic carbocycles. The number of carboxylic acids is 1. The Morgan fingerprint density at radius 3 is 2.68 bits per heavy atom. The van der Waals surface area contributed by atoms with E-state index in [1.54, 1.807) is 29.2 Å². The molecule has 1 aromatic heterocycles. The van der Waals surface area contributed by atoms with E-state index in [4.69, 9.17) is 32.5 Å². The molecule has 2 saturated heterocycles. The lowest BCUT2D eigenvalue weighted by Crippen LogP contribution is -2.38. The molecule has 1 amide bonds. The molecule has 2 aliphatic heterocycles. The molecule has 2 fully saturated rings. The van der Waals surface area contributed by atoms with Crippen LogP contribution in [0.5, 0.6) is 5.75 Å². The number of nitrogens with two attached hydrogens (primary N) is 1. The molecule has 3 heterocycles. The Labute approximate surface area is 263 Å². The van der Waals surface area contributed by atoms with Crippen molar-refractivity contribution in [2.24, 2.45) is 0 Å². The topological polar surface area (TPSA) is 134 Å². The smallest absolute Gasteiger partial charge is 0.335 e. The van der Waals surface area contributed by atoms with Crippen molar-refractivity contribution in [3.63, 3.8) is 0 Å². The number of ether oxygens (including phenoxy) is 2. The summed E-state index contributed by atoms with van der Waals surface area (Å²) in [6.07, 6.45) is 2.41. The van der Waals surface area contributed by atoms with Gasteiger partial charge < -0.3 is 20.3 Å². The van der Waals surface area contributed by atoms with Gasteiger partial charge in [0.25, 0.3) is 5.91 Å². The summed E-state index contributed by atoms with van der Waals surface area (Å²) < 4.78 is 12.2. The number of thioether (sulfide) groups is 1. The van der Waals surface area contributed by atoms with Gasteiger partial charge in [0.05, 0.1) is 29.2 Å². The molecule has 4 N–H and O–H groups in total. The van der Waals surface area contributed by atoms with Gasteiger partial charge in [-0.3, -0.25) is 19.7 Å². The molecule has 0 radical (unpaired) electrons. The predicted molar refractivity (Wildman–Crippen MR) is 176 cm³/mol. The second-order valence-corrected chi connectivity index (χ2v) is 12.2. The van der Waals surface area contributed by atoms with Crippen LogP contribution in [0.4, 0.5) is 5.82 Å². The number of carbonyl (C=O) groups is 2. The maximum atomic E-state index is 13.4. The highest BCUT2D eigenvalue weighted by Gasteiger charge is 2.31. The Morgan fingerprint density at radius 2 is 1.91 bits per heavy atom. The lowest BCUT2D eigenvalue weighted by molar-refractivity contribution is -0.122. The molecule has 0 unspecified atom stereocenters. The van der Waals surface area contributed by atoms with Crippen LogP contribution in [0.15, 0.2) is 65.6 Å². The highest BCUT2D eigenvalue weighted by atomic mass is 32.2. The van der Waals surface area contributed by atoms with Gasteiger partial charge in [0.1, 0.15) is 16.7 Å². The zero-order valence-electron chi connectivity index (χ0n) is 23.8. The van der Waals surface area contributed by atoms with Crippen LogP contribution in [0.3, 0.4) is 0 Å². The lowest BCUT2D eigenvalue weighted by atomic mass is 10.00. The zero-order chi connectivity index (χ0) is 30.6. The third-order valence-electron chi connectivity index (χ3n) is 7.67. The van der Waals surface area contributed by atoms with Crippen LogP contribution in [0.25, 0.3) is 28.1 Å². The summed E-state index contributed by atoms with van der Waals surface area (Å²) >= 11 is 6.83. The van der Waals surface area contributed by atoms with Crippen LogP contribution in [-0.4, -0.2) is 87.3 Å². The van der Waals surface area contributed by atoms with Crippen LogP contribution in [0.2, 0.25) is 0 Å². The number of rotatable bonds is 10. The van der Waals surface area contributed by atoms with Gasteiger partial charge >= 0.3 is 5.97 Å². The van der Waals surface area contributed by atoms with Crippen molar-refractivity contribution in [3.8, 4) is 16.9 Å². The number of fused-ring (bicyclic) bond motifs is 1. The average molecular weight is 630 g/mol. The zero-order valence-corrected chi connectivity index (χ0v) is 25.5. The maximum absolute atomic E-state index is 13.4. The number of aromatic carboxylic acids is 1. The van der Waals surface area contributed by atoms with E-state index < -0.39 is 5.97 Å². The van der Waals surface area contributed by atoms with E-state index in [0.717, 1.165) is 71.8 Å². The Bertz CT molecular complexity index is 1750. The van der Waals surface area contributed by atoms with Crippen molar-refractivity contribution < 1.29 is 24.2 Å². The Hall–Kier alpha value is -4.23. The minimum absolute atomic E-state index is 0.151. The quantitative estimate of drug-likeness (QED) is 0.168. The van der Waals surface area contributed by atoms with Crippen molar-refractivity contribution in [3.05, 3.63) is 82.3 Å². The molecule has 0 bridgehead atoms. The molecule has 2 aliphatic rings. The first kappa shape index (κ1) is 29.8. The summed E-state index contributed by atoms with van der Waals surface area (Å²) in [6.45, 7) is 4.98. The van der Waals surface area contributed by atoms with E-state index in [1.807, 2.05) is 42.5 Å². The number of carboxylic acid groups (broad SMARTS) is 1. The van der Waals surface area contributed by atoms with E-state index >= 15 is 0 Å². The van der Waals surface area contributed by atoms with Gasteiger partial charge in [-0.2, -0.15) is 5.10 Å². The van der Waals surface area contributed by atoms with Crippen molar-refractivity contribution in [1.29, 1.82) is 0 Å². The van der Waals surface area contributed by atoms with Gasteiger partial charge in [0.2, 0.25) is 0 Å². The number of hydrogen-bond acceptors (Lipinski definition) is 9. The molecule has 4 aromatic rings. The summed E-state index contributed by atoms with van der Waals surface area (Å²) in [5.41, 5.74) is 10.7. The number of aromatic nitrogens is 2. The Kier molecular flexibility index (Phi) is 8.94. The van der Waals surface area contributed by atoms with Crippen LogP contribution < -0.4 is 10.5 Å². The molecule has 44 heavy (non-hydrogen) atoms. The van der Waals surface area contributed by atoms with E-state index in [9.17, 15) is 9.59 Å². The lowest BCUT2D eigenvalue weighted by Gasteiger charge is -2.26. The predicted octanol–water partition coefficient (Wildman–Crippen LogP) is 4.67. The molecule has 0 saturated carbocycles. The molecule has 226 valence electrons. The summed E-state index contributed by atoms with van der Waals surface area (Å²) in [7, 11) is 0. The number of morpholine rings is 1. The SMILES string of the molecule is Nc1n[nH]c2ccc(-c3cc(/C=C4\SC(=S)N(CCc5ccc(C(=O)O)cc5)C4=O)ccc3OCCN3CCOCC3)cc12. The fourth-order valence-corrected chi connectivity index (χ4v) is 6.51. The number of anilines is 1. The molecule has 12 heteroatoms. The van der Waals surface area contributed by atoms with Crippen LogP contribution in [0, 0.1) is 0 Å². The van der Waals surface area contributed by atoms with Crippen molar-refractivity contribution in [2.45, 2.75) is 6.42 Å². The number of benzene rings is 3. The van der Waals surface area contributed by atoms with Gasteiger partial charge in [-0.15, -0.1) is 0 Å². The van der Waals surface area contributed by atoms with Crippen molar-refractivity contribution in [2.75, 3.05) is 51.7 Å². The normalized spacial score (nSPS) is 16.7. The highest BCUT2D eigenvalue weighted by molar-refractivity contribution is 8.26. The summed E-state index contributed by atoms with van der Waals surface area (Å²) in [5, 5.41) is 17.0. The fraction of sp³-hybridized carbons (Fsp3) is 0.250. The third kappa shape index (κ3) is 6.63. The molecule has 3 aromatic carbocycles. The van der Waals surface area contributed by atoms with Gasteiger partial charge in [-0.05, 0) is 65.6 Å². The summed E-state index contributed by atoms with van der Waals surface area (Å²) in [4.78, 5) is 28.9. The number of H-pyrrole nitrogens is 1. The summed E-state index contributed by atoms with van der Waals surface area (Å²) in [6, 6.07) is 18.5. The average Bonchev–Trinajstić information content (AvgIpc) is 3.54. The van der Waals surface area contributed by atoms with Crippen molar-refractivity contribution >= 4 is 63.0 Å². The largest absolute Gasteiger partial charge is 0.492 e. The van der Waals surface area contributed by atoms with Gasteiger partial charge in [0, 0.05) is 37.1 Å². The molecular weight excluding hydrogens is 599 g/mol. The first-order chi connectivity index (χ1) is 21.4. The maximum Gasteiger partial charge on any atom is 0.335 e. The first-order valence-electron chi connectivity index (χ1n) is 14.2. The number of nitrogens with one attached hydrogen (secondary N) is 1. The third-order valence-corrected chi connectivity index (χ3v) is 9.05. The number of carbonyl (C=O) groups excluding carboxylic acids is 1. The molecule has 10 nitrogen and oxygen atoms in total. The van der Waals surface area contributed by atoms with Gasteiger partial charge in [-0.1, -0.05) is 48.2 Å². The number of thiocarbonyl (C=S) groups is 1. The van der Waals surface area contributed by atoms with Crippen LogP contribution in [-0.2, 0) is 16.0 Å². The molecule has 0 spiro atoms. The van der Waals surface area contributed by atoms with Crippen molar-refractivity contribution in [1.82, 2.24) is 20.0 Å². The molecular formula is C32H31N5O5S2. The standard InChI is InChI=1S/C32H31N5O5S2/c33-29-25-19-23(6-7-26(25)34-35-29)24-17-21(3-8-27(24)42-16-13-36-11-14-41-15-12-36)18-28-30(38)37(32(43)44-28)10-9-20-1-4-22(5-2-20)31(39)40/h1-8,17-19H,9-16H2,(H,39,40)(H3,33,34,35)/b28-18-. The number of aromatic amines is 1. The first-order valence-corrected chi connectivity index (χ1v) is 15.5. The van der Waals surface area contributed by atoms with E-state index in [2.05, 4.69) is 15.1 Å². The second-order valence-electron chi connectivity index (χ2n) is 10.5. The van der Waals surface area contributed by atoms with E-state index in [-0.39, 0.29) is 11.5 Å². The van der Waals surface area contributed by atoms with Gasteiger partial charge in [-0.25, -0.2) is 4.79 Å². The molecule has 6 rings (SSSR count). The van der Waals surface area contributed by atoms with Gasteiger partial charge in [0.15, 0.2) is 5.82 Å². The minimum atomic E-state index is -0.972. The molecule has 0 atom stereocenters. The monoisotopic (exact) mass is 629 g/mol. The Morgan fingerprint density at radius 1 is 1.11 bits per heavy atom. The Balaban J connectivity index is 1.22. The second kappa shape index (κ2) is 13.2. The van der Waals surface area contributed by atoms with Crippen LogP contribution >= 0.6 is 24.0 Å². The minimum Gasteiger partial charge on any atom is -0.492 e. The number of nitrogen functional groups attached to an aromatic ring is 1. The number of nitrogens with zero attached hydrogens (tertiary/aromatic N) is 3. The number of amides is 1. The van der Waals surface area contributed by atoms with E-state index in [0.29, 0.717) is 34.6 Å². The van der Waals surface area contributed by atoms with Crippen LogP contribution in [0.1, 0.15) is 21.5 Å². The van der Waals surface area contributed by atoms with E-state index in [1.165, 1.54) is 11.8 Å². The summed E-state index contributed by atoms with van der Waals surface area (Å²) in [5.74, 6) is 0.0373.